The molecule has 3 atom stereocenters. The summed E-state index contributed by atoms with van der Waals surface area (Å²) in [4.78, 5) is 0. The predicted octanol–water partition coefficient (Wildman–Crippen LogP) is -1.25. The van der Waals surface area contributed by atoms with Crippen LogP contribution in [0.4, 0.5) is 0 Å². The summed E-state index contributed by atoms with van der Waals surface area (Å²) in [5, 5.41) is 18.0. The quantitative estimate of drug-likeness (QED) is 0.546. The molecule has 0 saturated carbocycles. The van der Waals surface area contributed by atoms with Gasteiger partial charge in [-0.3, -0.25) is 0 Å². The molecule has 9 heavy (non-hydrogen) atoms. The average Bonchev–Trinajstić information content (AvgIpc) is 1.98. The van der Waals surface area contributed by atoms with E-state index in [2.05, 4.69) is 6.58 Å². The van der Waals surface area contributed by atoms with Gasteiger partial charge in [-0.1, -0.05) is 0 Å². The fourth-order valence-electron chi connectivity index (χ4n) is 0.684. The van der Waals surface area contributed by atoms with Gasteiger partial charge >= 0.3 is 67.7 Å². The number of aliphatic hydroxyl groups is 2. The first-order chi connectivity index (χ1) is 4.13. The fraction of sp³-hybridized carbons (Fsp3) is 0.600. The van der Waals surface area contributed by atoms with Gasteiger partial charge in [-0.2, -0.15) is 0 Å². The summed E-state index contributed by atoms with van der Waals surface area (Å²) in [5.41, 5.74) is 0. The van der Waals surface area contributed by atoms with Crippen molar-refractivity contribution in [1.29, 1.82) is 0 Å². The molecule has 3 nitrogen and oxygen atoms in total. The maximum absolute atomic E-state index is 9.03. The summed E-state index contributed by atoms with van der Waals surface area (Å²) >= 11 is 0.782. The van der Waals surface area contributed by atoms with Gasteiger partial charge in [0.15, 0.2) is 0 Å². The summed E-state index contributed by atoms with van der Waals surface area (Å²) < 4.78 is 4.75. The van der Waals surface area contributed by atoms with Crippen molar-refractivity contribution in [2.24, 2.45) is 0 Å². The average molecular weight is 230 g/mol. The van der Waals surface area contributed by atoms with Crippen molar-refractivity contribution >= 4 is 24.4 Å². The summed E-state index contributed by atoms with van der Waals surface area (Å²) in [7, 11) is 0. The Kier molecular flexibility index (Phi) is 2.08. The summed E-state index contributed by atoms with van der Waals surface area (Å²) in [6.07, 6.45) is -1.62. The number of hydrogen-bond donors (Lipinski definition) is 2. The molecule has 48 valence electrons. The Labute approximate surface area is 67.9 Å². The zero-order valence-electron chi connectivity index (χ0n) is 4.82. The van der Waals surface area contributed by atoms with E-state index < -0.39 is 12.2 Å². The van der Waals surface area contributed by atoms with E-state index in [9.17, 15) is 0 Å². The van der Waals surface area contributed by atoms with E-state index in [1.807, 2.05) is 0 Å². The van der Waals surface area contributed by atoms with Gasteiger partial charge in [-0.15, -0.1) is 0 Å². The van der Waals surface area contributed by atoms with Crippen molar-refractivity contribution in [1.82, 2.24) is 0 Å². The Bertz CT molecular complexity index is 136. The van der Waals surface area contributed by atoms with Crippen LogP contribution in [0.25, 0.3) is 0 Å². The molecule has 1 saturated heterocycles. The molecule has 2 radical (unpaired) electrons. The third-order valence-corrected chi connectivity index (χ3v) is 2.79. The molecular weight excluding hydrogens is 223 g/mol. The SMILES string of the molecule is C=C1O[C@@H]([In])[C@H](O)[C@@H]1O. The van der Waals surface area contributed by atoms with Crippen molar-refractivity contribution < 1.29 is 14.9 Å². The number of aliphatic hydroxyl groups excluding tert-OH is 2. The van der Waals surface area contributed by atoms with Gasteiger partial charge in [-0.05, 0) is 0 Å². The zero-order valence-corrected chi connectivity index (χ0v) is 8.11. The van der Waals surface area contributed by atoms with E-state index >= 15 is 0 Å². The Morgan fingerprint density at radius 2 is 2.11 bits per heavy atom. The second-order valence-corrected chi connectivity index (χ2v) is 3.86. The number of rotatable bonds is 0. The molecule has 1 rings (SSSR count). The minimum atomic E-state index is -0.870. The summed E-state index contributed by atoms with van der Waals surface area (Å²) in [6, 6.07) is 0. The first-order valence-electron chi connectivity index (χ1n) is 2.60. The van der Waals surface area contributed by atoms with Gasteiger partial charge < -0.3 is 0 Å². The molecule has 1 aliphatic heterocycles. The molecule has 0 aromatic carbocycles. The molecule has 2 N–H and O–H groups in total. The first kappa shape index (κ1) is 7.44. The van der Waals surface area contributed by atoms with E-state index in [4.69, 9.17) is 14.9 Å². The standard InChI is InChI=1S/C5H7O3.In/c1-3-5(7)4(6)2-8-3;/h2,4-7H,1H2;/t4-,5+;/m0./s1. The van der Waals surface area contributed by atoms with E-state index in [0.717, 1.165) is 24.4 Å². The molecule has 0 aliphatic carbocycles. The van der Waals surface area contributed by atoms with Crippen LogP contribution in [-0.2, 0) is 4.74 Å². The Hall–Kier alpha value is 0.330. The molecule has 0 amide bonds. The van der Waals surface area contributed by atoms with Crippen LogP contribution >= 0.6 is 0 Å². The van der Waals surface area contributed by atoms with Gasteiger partial charge in [0.05, 0.1) is 0 Å². The van der Waals surface area contributed by atoms with Gasteiger partial charge in [-0.25, -0.2) is 0 Å². The fourth-order valence-corrected chi connectivity index (χ4v) is 1.78. The summed E-state index contributed by atoms with van der Waals surface area (Å²) in [5.74, 6) is 0.292. The van der Waals surface area contributed by atoms with Crippen LogP contribution in [-0.4, -0.2) is 50.7 Å². The molecule has 1 aliphatic rings. The van der Waals surface area contributed by atoms with Gasteiger partial charge in [0.2, 0.25) is 0 Å². The van der Waals surface area contributed by atoms with Gasteiger partial charge in [0, 0.05) is 0 Å². The van der Waals surface area contributed by atoms with Crippen LogP contribution in [0.1, 0.15) is 0 Å². The minimum absolute atomic E-state index is 0.196. The third kappa shape index (κ3) is 1.25. The first-order valence-corrected chi connectivity index (χ1v) is 4.50. The zero-order chi connectivity index (χ0) is 7.02. The molecule has 4 heteroatoms. The van der Waals surface area contributed by atoms with Gasteiger partial charge in [0.1, 0.15) is 0 Å². The molecule has 0 spiro atoms. The molecule has 1 fully saturated rings. The molecule has 1 heterocycles. The molecule has 0 unspecified atom stereocenters. The van der Waals surface area contributed by atoms with Crippen molar-refractivity contribution in [2.75, 3.05) is 0 Å². The topological polar surface area (TPSA) is 49.7 Å². The van der Waals surface area contributed by atoms with E-state index in [1.54, 1.807) is 0 Å². The Balaban J connectivity index is 2.65. The number of ether oxygens (including phenoxy) is 1. The van der Waals surface area contributed by atoms with Crippen LogP contribution in [0, 0.1) is 0 Å². The van der Waals surface area contributed by atoms with Crippen molar-refractivity contribution in [3.05, 3.63) is 12.3 Å². The van der Waals surface area contributed by atoms with Crippen molar-refractivity contribution in [3.8, 4) is 0 Å². The Morgan fingerprint density at radius 1 is 1.56 bits per heavy atom. The normalized spacial score (nSPS) is 42.9. The second-order valence-electron chi connectivity index (χ2n) is 1.98. The predicted molar refractivity (Wildman–Crippen MR) is 31.8 cm³/mol. The maximum atomic E-state index is 9.03. The van der Waals surface area contributed by atoms with Crippen LogP contribution in [0.15, 0.2) is 12.3 Å². The third-order valence-electron chi connectivity index (χ3n) is 1.28. The van der Waals surface area contributed by atoms with Gasteiger partial charge in [0.25, 0.3) is 0 Å². The number of hydrogen-bond acceptors (Lipinski definition) is 3. The second kappa shape index (κ2) is 2.52. The molecule has 0 aromatic rings. The molecule has 0 aromatic heterocycles. The monoisotopic (exact) mass is 230 g/mol. The molecular formula is C5H7InO3. The van der Waals surface area contributed by atoms with E-state index in [-0.39, 0.29) is 3.86 Å². The van der Waals surface area contributed by atoms with E-state index in [0.29, 0.717) is 5.76 Å². The Morgan fingerprint density at radius 3 is 2.22 bits per heavy atom. The van der Waals surface area contributed by atoms with Crippen LogP contribution in [0.3, 0.4) is 0 Å². The molecule has 0 bridgehead atoms. The summed E-state index contributed by atoms with van der Waals surface area (Å²) in [6.45, 7) is 3.42. The van der Waals surface area contributed by atoms with Crippen LogP contribution < -0.4 is 0 Å². The van der Waals surface area contributed by atoms with Crippen molar-refractivity contribution in [3.63, 3.8) is 0 Å². The van der Waals surface area contributed by atoms with E-state index in [1.165, 1.54) is 0 Å². The van der Waals surface area contributed by atoms with Crippen molar-refractivity contribution in [2.45, 2.75) is 16.1 Å². The van der Waals surface area contributed by atoms with Crippen LogP contribution in [0.5, 0.6) is 0 Å². The van der Waals surface area contributed by atoms with Crippen LogP contribution in [0.2, 0.25) is 0 Å².